The molecule has 39 heavy (non-hydrogen) atoms. The summed E-state index contributed by atoms with van der Waals surface area (Å²) in [6, 6.07) is 15.8. The molecule has 0 aromatic heterocycles. The maximum absolute atomic E-state index is 13.5. The molecule has 1 saturated heterocycles. The molecule has 1 heterocycles. The van der Waals surface area contributed by atoms with Crippen LogP contribution in [0, 0.1) is 6.92 Å². The van der Waals surface area contributed by atoms with Crippen molar-refractivity contribution in [3.05, 3.63) is 99.6 Å². The molecular weight excluding hydrogens is 498 g/mol. The van der Waals surface area contributed by atoms with Crippen molar-refractivity contribution < 1.29 is 34.1 Å². The Morgan fingerprint density at radius 3 is 2.18 bits per heavy atom. The Morgan fingerprint density at radius 1 is 0.949 bits per heavy atom. The number of nitrogens with zero attached hydrogens (tertiary/aromatic N) is 1. The van der Waals surface area contributed by atoms with Crippen molar-refractivity contribution in [3.63, 3.8) is 0 Å². The van der Waals surface area contributed by atoms with Gasteiger partial charge in [-0.1, -0.05) is 44.2 Å². The number of aromatic carboxylic acids is 1. The molecule has 8 nitrogen and oxygen atoms in total. The third-order valence-electron chi connectivity index (χ3n) is 6.98. The summed E-state index contributed by atoms with van der Waals surface area (Å²) in [7, 11) is 3.08. The third kappa shape index (κ3) is 5.10. The largest absolute Gasteiger partial charge is 0.507 e. The van der Waals surface area contributed by atoms with Gasteiger partial charge in [-0.15, -0.1) is 0 Å². The van der Waals surface area contributed by atoms with Crippen molar-refractivity contribution in [2.75, 3.05) is 14.2 Å². The molecule has 3 aromatic carbocycles. The minimum absolute atomic E-state index is 0.0167. The van der Waals surface area contributed by atoms with Gasteiger partial charge in [-0.3, -0.25) is 9.59 Å². The fourth-order valence-electron chi connectivity index (χ4n) is 4.93. The van der Waals surface area contributed by atoms with Gasteiger partial charge in [-0.25, -0.2) is 4.79 Å². The standard InChI is InChI=1S/C31H31NO7/c1-17(2)22-15-23(18(3)14-25(22)39-5)28(33)26-27(21-8-6-7-9-24(21)38-4)32(30(35)29(26)34)16-19-10-12-20(13-11-19)31(36)37/h6-15,17,27,33H,16H2,1-5H3,(H,36,37)/b28-26+. The molecule has 4 rings (SSSR count). The summed E-state index contributed by atoms with van der Waals surface area (Å²) in [5.74, 6) is -1.73. The SMILES string of the molecule is COc1cc(C)c(/C(O)=C2\C(=O)C(=O)N(Cc3ccc(C(=O)O)cc3)C2c2ccccc2OC)cc1C(C)C. The van der Waals surface area contributed by atoms with E-state index in [9.17, 15) is 24.6 Å². The highest BCUT2D eigenvalue weighted by atomic mass is 16.5. The average Bonchev–Trinajstić information content (AvgIpc) is 3.17. The predicted molar refractivity (Wildman–Crippen MR) is 146 cm³/mol. The minimum Gasteiger partial charge on any atom is -0.507 e. The second-order valence-electron chi connectivity index (χ2n) is 9.73. The molecule has 0 aliphatic carbocycles. The maximum atomic E-state index is 13.5. The smallest absolute Gasteiger partial charge is 0.335 e. The molecule has 202 valence electrons. The summed E-state index contributed by atoms with van der Waals surface area (Å²) in [6.45, 7) is 5.82. The van der Waals surface area contributed by atoms with Crippen LogP contribution < -0.4 is 9.47 Å². The highest BCUT2D eigenvalue weighted by Crippen LogP contribution is 2.44. The number of likely N-dealkylation sites (tertiary alicyclic amines) is 1. The van der Waals surface area contributed by atoms with Crippen LogP contribution in [-0.4, -0.2) is 47.0 Å². The number of aliphatic hydroxyl groups excluding tert-OH is 1. The molecule has 8 heteroatoms. The lowest BCUT2D eigenvalue weighted by atomic mass is 9.90. The number of carbonyl (C=O) groups excluding carboxylic acids is 2. The van der Waals surface area contributed by atoms with Crippen LogP contribution in [0.2, 0.25) is 0 Å². The van der Waals surface area contributed by atoms with Crippen LogP contribution in [0.4, 0.5) is 0 Å². The van der Waals surface area contributed by atoms with Crippen LogP contribution in [0.5, 0.6) is 11.5 Å². The van der Waals surface area contributed by atoms with Crippen molar-refractivity contribution >= 4 is 23.4 Å². The van der Waals surface area contributed by atoms with Gasteiger partial charge >= 0.3 is 5.97 Å². The van der Waals surface area contributed by atoms with E-state index in [2.05, 4.69) is 0 Å². The van der Waals surface area contributed by atoms with Crippen LogP contribution in [0.3, 0.4) is 0 Å². The zero-order chi connectivity index (χ0) is 28.4. The predicted octanol–water partition coefficient (Wildman–Crippen LogP) is 5.46. The van der Waals surface area contributed by atoms with E-state index in [1.807, 2.05) is 19.9 Å². The number of carboxylic acid groups (broad SMARTS) is 1. The lowest BCUT2D eigenvalue weighted by Crippen LogP contribution is -2.29. The van der Waals surface area contributed by atoms with Crippen LogP contribution in [-0.2, 0) is 16.1 Å². The number of ether oxygens (including phenoxy) is 2. The summed E-state index contributed by atoms with van der Waals surface area (Å²) in [6.07, 6.45) is 0. The number of hydrogen-bond acceptors (Lipinski definition) is 6. The van der Waals surface area contributed by atoms with E-state index in [1.54, 1.807) is 56.5 Å². The number of benzene rings is 3. The Kier molecular flexibility index (Phi) is 7.76. The number of amides is 1. The molecule has 1 aliphatic heterocycles. The van der Waals surface area contributed by atoms with Gasteiger partial charge in [0.1, 0.15) is 17.3 Å². The molecule has 0 radical (unpaired) electrons. The van der Waals surface area contributed by atoms with E-state index in [0.29, 0.717) is 33.8 Å². The molecule has 1 aliphatic rings. The monoisotopic (exact) mass is 529 g/mol. The highest BCUT2D eigenvalue weighted by Gasteiger charge is 2.47. The van der Waals surface area contributed by atoms with Gasteiger partial charge in [0, 0.05) is 17.7 Å². The van der Waals surface area contributed by atoms with Crippen LogP contribution in [0.15, 0.2) is 66.2 Å². The number of methoxy groups -OCH3 is 2. The van der Waals surface area contributed by atoms with E-state index in [4.69, 9.17) is 9.47 Å². The molecule has 2 N–H and O–H groups in total. The number of para-hydroxylation sites is 1. The van der Waals surface area contributed by atoms with Gasteiger partial charge < -0.3 is 24.6 Å². The summed E-state index contributed by atoms with van der Waals surface area (Å²) < 4.78 is 11.1. The van der Waals surface area contributed by atoms with E-state index >= 15 is 0 Å². The molecule has 1 fully saturated rings. The molecule has 0 saturated carbocycles. The van der Waals surface area contributed by atoms with Crippen molar-refractivity contribution in [1.82, 2.24) is 4.90 Å². The zero-order valence-electron chi connectivity index (χ0n) is 22.5. The van der Waals surface area contributed by atoms with Crippen molar-refractivity contribution in [3.8, 4) is 11.5 Å². The Bertz CT molecular complexity index is 1470. The number of hydrogen-bond donors (Lipinski definition) is 2. The number of rotatable bonds is 8. The topological polar surface area (TPSA) is 113 Å². The van der Waals surface area contributed by atoms with E-state index < -0.39 is 23.7 Å². The van der Waals surface area contributed by atoms with Crippen LogP contribution in [0.25, 0.3) is 5.76 Å². The maximum Gasteiger partial charge on any atom is 0.335 e. The number of Topliss-reactive ketones (excluding diaryl/α,β-unsaturated/α-hetero) is 1. The first-order chi connectivity index (χ1) is 18.6. The first-order valence-corrected chi connectivity index (χ1v) is 12.5. The van der Waals surface area contributed by atoms with E-state index in [-0.39, 0.29) is 29.4 Å². The minimum atomic E-state index is -1.06. The fraction of sp³-hybridized carbons (Fsp3) is 0.258. The van der Waals surface area contributed by atoms with Crippen LogP contribution >= 0.6 is 0 Å². The number of ketones is 1. The van der Waals surface area contributed by atoms with Crippen molar-refractivity contribution in [2.45, 2.75) is 39.3 Å². The quantitative estimate of drug-likeness (QED) is 0.226. The Labute approximate surface area is 227 Å². The first-order valence-electron chi connectivity index (χ1n) is 12.5. The average molecular weight is 530 g/mol. The lowest BCUT2D eigenvalue weighted by molar-refractivity contribution is -0.140. The number of aryl methyl sites for hydroxylation is 1. The molecule has 3 aromatic rings. The molecular formula is C31H31NO7. The molecule has 0 spiro atoms. The van der Waals surface area contributed by atoms with Gasteiger partial charge in [0.15, 0.2) is 0 Å². The second kappa shape index (κ2) is 11.0. The van der Waals surface area contributed by atoms with Gasteiger partial charge in [0.2, 0.25) is 0 Å². The van der Waals surface area contributed by atoms with Crippen LogP contribution in [0.1, 0.15) is 64.0 Å². The summed E-state index contributed by atoms with van der Waals surface area (Å²) in [5.41, 5.74) is 3.20. The van der Waals surface area contributed by atoms with Gasteiger partial charge in [-0.05, 0) is 59.9 Å². The van der Waals surface area contributed by atoms with Gasteiger partial charge in [-0.2, -0.15) is 0 Å². The molecule has 1 unspecified atom stereocenters. The fourth-order valence-corrected chi connectivity index (χ4v) is 4.93. The van der Waals surface area contributed by atoms with Gasteiger partial charge in [0.25, 0.3) is 11.7 Å². The molecule has 0 bridgehead atoms. The molecule has 1 atom stereocenters. The van der Waals surface area contributed by atoms with E-state index in [1.165, 1.54) is 24.1 Å². The summed E-state index contributed by atoms with van der Waals surface area (Å²) >= 11 is 0. The Balaban J connectivity index is 1.92. The van der Waals surface area contributed by atoms with Crippen molar-refractivity contribution in [1.29, 1.82) is 0 Å². The lowest BCUT2D eigenvalue weighted by Gasteiger charge is -2.27. The second-order valence-corrected chi connectivity index (χ2v) is 9.73. The summed E-state index contributed by atoms with van der Waals surface area (Å²) in [4.78, 5) is 39.7. The molecule has 1 amide bonds. The number of carbonyl (C=O) groups is 3. The number of aliphatic hydroxyl groups is 1. The Morgan fingerprint density at radius 2 is 1.59 bits per heavy atom. The van der Waals surface area contributed by atoms with Gasteiger partial charge in [0.05, 0.1) is 31.4 Å². The van der Waals surface area contributed by atoms with E-state index in [0.717, 1.165) is 5.56 Å². The third-order valence-corrected chi connectivity index (χ3v) is 6.98. The summed E-state index contributed by atoms with van der Waals surface area (Å²) in [5, 5.41) is 20.9. The Hall–Kier alpha value is -4.59. The zero-order valence-corrected chi connectivity index (χ0v) is 22.5. The first kappa shape index (κ1) is 27.4. The highest BCUT2D eigenvalue weighted by molar-refractivity contribution is 6.46. The normalized spacial score (nSPS) is 16.6. The van der Waals surface area contributed by atoms with Crippen molar-refractivity contribution in [2.24, 2.45) is 0 Å². The number of carboxylic acids is 1.